The van der Waals surface area contributed by atoms with Crippen LogP contribution in [0.3, 0.4) is 0 Å². The maximum atomic E-state index is 10.9. The molecule has 1 amide bonds. The molecule has 0 bridgehead atoms. The van der Waals surface area contributed by atoms with Crippen molar-refractivity contribution in [1.29, 1.82) is 0 Å². The first-order valence-corrected chi connectivity index (χ1v) is 5.30. The molecular weight excluding hydrogens is 251 g/mol. The van der Waals surface area contributed by atoms with Crippen molar-refractivity contribution in [3.05, 3.63) is 33.8 Å². The lowest BCUT2D eigenvalue weighted by molar-refractivity contribution is 0.152. The summed E-state index contributed by atoms with van der Waals surface area (Å²) in [6.45, 7) is 2.01. The quantitative estimate of drug-likeness (QED) is 0.671. The predicted molar refractivity (Wildman–Crippen MR) is 64.2 cm³/mol. The van der Waals surface area contributed by atoms with Gasteiger partial charge in [-0.2, -0.15) is 5.10 Å². The molecule has 4 nitrogen and oxygen atoms in total. The molecule has 0 aliphatic heterocycles. The lowest BCUT2D eigenvalue weighted by Gasteiger charge is -1.99. The second-order valence-electron chi connectivity index (χ2n) is 2.76. The van der Waals surface area contributed by atoms with Gasteiger partial charge >= 0.3 is 6.09 Å². The topological polar surface area (TPSA) is 50.7 Å². The predicted octanol–water partition coefficient (Wildman–Crippen LogP) is 3.07. The van der Waals surface area contributed by atoms with Gasteiger partial charge in [0.15, 0.2) is 0 Å². The number of carbonyl (C=O) groups excluding carboxylic acids is 1. The van der Waals surface area contributed by atoms with Crippen LogP contribution in [0.15, 0.2) is 23.3 Å². The van der Waals surface area contributed by atoms with E-state index in [4.69, 9.17) is 23.2 Å². The van der Waals surface area contributed by atoms with Crippen molar-refractivity contribution in [3.63, 3.8) is 0 Å². The summed E-state index contributed by atoms with van der Waals surface area (Å²) in [5.74, 6) is 0. The molecule has 0 aliphatic rings. The Hall–Kier alpha value is -1.26. The number of hydrogen-bond acceptors (Lipinski definition) is 3. The second kappa shape index (κ2) is 6.35. The number of ether oxygens (including phenoxy) is 1. The Morgan fingerprint density at radius 3 is 2.88 bits per heavy atom. The van der Waals surface area contributed by atoms with Crippen molar-refractivity contribution < 1.29 is 9.53 Å². The van der Waals surface area contributed by atoms with E-state index >= 15 is 0 Å². The van der Waals surface area contributed by atoms with Gasteiger partial charge in [-0.05, 0) is 24.6 Å². The van der Waals surface area contributed by atoms with E-state index in [1.165, 1.54) is 6.21 Å². The standard InChI is InChI=1S/C10H10Cl2N2O2/c1-2-16-10(15)14-13-6-7-3-4-8(11)9(12)5-7/h3-6H,2H2,1H3,(H,14,15)/b13-6-. The van der Waals surface area contributed by atoms with Gasteiger partial charge in [-0.15, -0.1) is 0 Å². The molecule has 1 rings (SSSR count). The molecule has 0 unspecified atom stereocenters. The summed E-state index contributed by atoms with van der Waals surface area (Å²) < 4.78 is 4.61. The monoisotopic (exact) mass is 260 g/mol. The van der Waals surface area contributed by atoms with E-state index in [0.717, 1.165) is 5.56 Å². The highest BCUT2D eigenvalue weighted by molar-refractivity contribution is 6.42. The number of amides is 1. The summed E-state index contributed by atoms with van der Waals surface area (Å²) in [7, 11) is 0. The van der Waals surface area contributed by atoms with Crippen molar-refractivity contribution in [1.82, 2.24) is 5.43 Å². The Morgan fingerprint density at radius 2 is 2.25 bits per heavy atom. The highest BCUT2D eigenvalue weighted by Gasteiger charge is 1.98. The zero-order valence-electron chi connectivity index (χ0n) is 8.54. The summed E-state index contributed by atoms with van der Waals surface area (Å²) >= 11 is 11.5. The molecular formula is C10H10Cl2N2O2. The Morgan fingerprint density at radius 1 is 1.50 bits per heavy atom. The van der Waals surface area contributed by atoms with E-state index in [1.807, 2.05) is 0 Å². The lowest BCUT2D eigenvalue weighted by atomic mass is 10.2. The minimum atomic E-state index is -0.598. The van der Waals surface area contributed by atoms with Crippen LogP contribution < -0.4 is 5.43 Å². The zero-order chi connectivity index (χ0) is 12.0. The largest absolute Gasteiger partial charge is 0.449 e. The van der Waals surface area contributed by atoms with Crippen molar-refractivity contribution in [2.24, 2.45) is 5.10 Å². The number of carbonyl (C=O) groups is 1. The Kier molecular flexibility index (Phi) is 5.08. The maximum Gasteiger partial charge on any atom is 0.427 e. The maximum absolute atomic E-state index is 10.9. The Balaban J connectivity index is 2.56. The minimum Gasteiger partial charge on any atom is -0.449 e. The van der Waals surface area contributed by atoms with Crippen LogP contribution >= 0.6 is 23.2 Å². The van der Waals surface area contributed by atoms with Gasteiger partial charge in [0.2, 0.25) is 0 Å². The van der Waals surface area contributed by atoms with E-state index < -0.39 is 6.09 Å². The summed E-state index contributed by atoms with van der Waals surface area (Å²) in [5, 5.41) is 4.58. The van der Waals surface area contributed by atoms with Gasteiger partial charge in [0.1, 0.15) is 0 Å². The van der Waals surface area contributed by atoms with E-state index in [-0.39, 0.29) is 0 Å². The Labute approximate surface area is 103 Å². The van der Waals surface area contributed by atoms with Gasteiger partial charge in [0.25, 0.3) is 0 Å². The number of rotatable bonds is 3. The number of nitrogens with one attached hydrogen (secondary N) is 1. The van der Waals surface area contributed by atoms with Crippen molar-refractivity contribution in [3.8, 4) is 0 Å². The Bertz CT molecular complexity index is 408. The van der Waals surface area contributed by atoms with Crippen LogP contribution in [-0.4, -0.2) is 18.9 Å². The number of hydrogen-bond donors (Lipinski definition) is 1. The first-order chi connectivity index (χ1) is 7.63. The van der Waals surface area contributed by atoms with Gasteiger partial charge in [0.05, 0.1) is 22.9 Å². The van der Waals surface area contributed by atoms with Gasteiger partial charge in [0, 0.05) is 0 Å². The van der Waals surface area contributed by atoms with Gasteiger partial charge in [-0.3, -0.25) is 0 Å². The first kappa shape index (κ1) is 12.8. The van der Waals surface area contributed by atoms with Crippen molar-refractivity contribution in [2.45, 2.75) is 6.92 Å². The van der Waals surface area contributed by atoms with Crippen LogP contribution in [0.4, 0.5) is 4.79 Å². The molecule has 0 radical (unpaired) electrons. The molecule has 1 N–H and O–H groups in total. The highest BCUT2D eigenvalue weighted by Crippen LogP contribution is 2.21. The molecule has 6 heteroatoms. The van der Waals surface area contributed by atoms with Crippen molar-refractivity contribution in [2.75, 3.05) is 6.61 Å². The van der Waals surface area contributed by atoms with Crippen LogP contribution in [0.25, 0.3) is 0 Å². The molecule has 0 fully saturated rings. The molecule has 0 saturated heterocycles. The van der Waals surface area contributed by atoms with Crippen LogP contribution in [0.5, 0.6) is 0 Å². The fraction of sp³-hybridized carbons (Fsp3) is 0.200. The molecule has 0 atom stereocenters. The summed E-state index contributed by atoms with van der Waals surface area (Å²) in [6, 6.07) is 5.01. The molecule has 0 aromatic heterocycles. The zero-order valence-corrected chi connectivity index (χ0v) is 10.0. The molecule has 0 aliphatic carbocycles. The van der Waals surface area contributed by atoms with Gasteiger partial charge in [-0.25, -0.2) is 10.2 Å². The molecule has 16 heavy (non-hydrogen) atoms. The van der Waals surface area contributed by atoms with Gasteiger partial charge in [-0.1, -0.05) is 29.3 Å². The smallest absolute Gasteiger partial charge is 0.427 e. The number of nitrogens with zero attached hydrogens (tertiary/aromatic N) is 1. The third-order valence-electron chi connectivity index (χ3n) is 1.59. The third-order valence-corrected chi connectivity index (χ3v) is 2.33. The summed E-state index contributed by atoms with van der Waals surface area (Å²) in [4.78, 5) is 10.9. The molecule has 0 spiro atoms. The van der Waals surface area contributed by atoms with E-state index in [1.54, 1.807) is 25.1 Å². The van der Waals surface area contributed by atoms with Gasteiger partial charge < -0.3 is 4.74 Å². The third kappa shape index (κ3) is 4.08. The highest BCUT2D eigenvalue weighted by atomic mass is 35.5. The normalized spacial score (nSPS) is 10.4. The molecule has 0 heterocycles. The van der Waals surface area contributed by atoms with Crippen LogP contribution in [-0.2, 0) is 4.74 Å². The van der Waals surface area contributed by atoms with E-state index in [2.05, 4.69) is 15.3 Å². The van der Waals surface area contributed by atoms with Crippen molar-refractivity contribution >= 4 is 35.5 Å². The number of benzene rings is 1. The molecule has 0 saturated carbocycles. The first-order valence-electron chi connectivity index (χ1n) is 4.54. The molecule has 1 aromatic rings. The fourth-order valence-electron chi connectivity index (χ4n) is 0.916. The number of halogens is 2. The molecule has 86 valence electrons. The van der Waals surface area contributed by atoms with E-state index in [0.29, 0.717) is 16.7 Å². The summed E-state index contributed by atoms with van der Waals surface area (Å²) in [5.41, 5.74) is 2.93. The minimum absolute atomic E-state index is 0.300. The van der Waals surface area contributed by atoms with Crippen LogP contribution in [0.2, 0.25) is 10.0 Å². The second-order valence-corrected chi connectivity index (χ2v) is 3.58. The molecule has 1 aromatic carbocycles. The average molecular weight is 261 g/mol. The fourth-order valence-corrected chi connectivity index (χ4v) is 1.22. The lowest BCUT2D eigenvalue weighted by Crippen LogP contribution is -2.18. The van der Waals surface area contributed by atoms with Crippen LogP contribution in [0, 0.1) is 0 Å². The van der Waals surface area contributed by atoms with E-state index in [9.17, 15) is 4.79 Å². The SMILES string of the molecule is CCOC(=O)N/N=C\c1ccc(Cl)c(Cl)c1. The average Bonchev–Trinajstić information content (AvgIpc) is 2.24. The summed E-state index contributed by atoms with van der Waals surface area (Å²) in [6.07, 6.45) is 0.845. The van der Waals surface area contributed by atoms with Crippen LogP contribution in [0.1, 0.15) is 12.5 Å². The number of hydrazone groups is 1.